The summed E-state index contributed by atoms with van der Waals surface area (Å²) in [6.45, 7) is 4.06. The molecule has 0 bridgehead atoms. The molecule has 2 aromatic carbocycles. The first-order chi connectivity index (χ1) is 15.6. The number of amides is 1. The van der Waals surface area contributed by atoms with Gasteiger partial charge in [0.15, 0.2) is 5.82 Å². The van der Waals surface area contributed by atoms with Crippen LogP contribution in [0.3, 0.4) is 0 Å². The second-order valence-corrected chi connectivity index (χ2v) is 9.43. The first-order valence-corrected chi connectivity index (χ1v) is 11.7. The van der Waals surface area contributed by atoms with Crippen LogP contribution in [0.15, 0.2) is 59.6 Å². The van der Waals surface area contributed by atoms with E-state index in [0.717, 1.165) is 9.87 Å². The van der Waals surface area contributed by atoms with E-state index in [1.165, 1.54) is 36.1 Å². The number of benzene rings is 2. The van der Waals surface area contributed by atoms with Crippen LogP contribution < -0.4 is 9.62 Å². The van der Waals surface area contributed by atoms with Crippen molar-refractivity contribution in [3.05, 3.63) is 71.4 Å². The Morgan fingerprint density at radius 3 is 2.52 bits per heavy atom. The second-order valence-electron chi connectivity index (χ2n) is 7.46. The molecule has 0 unspecified atom stereocenters. The number of nitrogens with zero attached hydrogens (tertiary/aromatic N) is 3. The van der Waals surface area contributed by atoms with Crippen LogP contribution >= 0.6 is 0 Å². The first-order valence-electron chi connectivity index (χ1n) is 10.3. The number of esters is 1. The van der Waals surface area contributed by atoms with E-state index in [1.807, 2.05) is 13.8 Å². The van der Waals surface area contributed by atoms with Crippen LogP contribution in [0.2, 0.25) is 0 Å². The summed E-state index contributed by atoms with van der Waals surface area (Å²) >= 11 is 0. The van der Waals surface area contributed by atoms with Crippen LogP contribution in [-0.2, 0) is 21.8 Å². The molecule has 1 N–H and O–H groups in total. The van der Waals surface area contributed by atoms with Gasteiger partial charge in [-0.25, -0.2) is 13.2 Å². The minimum Gasteiger partial charge on any atom is -0.462 e. The highest BCUT2D eigenvalue weighted by molar-refractivity contribution is 7.92. The van der Waals surface area contributed by atoms with Crippen molar-refractivity contribution >= 4 is 33.4 Å². The molecule has 0 atom stereocenters. The molecular weight excluding hydrogens is 444 g/mol. The second kappa shape index (κ2) is 9.86. The molecule has 33 heavy (non-hydrogen) atoms. The molecule has 1 aromatic heterocycles. The number of carbonyl (C=O) groups excluding carboxylic acids is 2. The minimum atomic E-state index is -3.93. The summed E-state index contributed by atoms with van der Waals surface area (Å²) in [7, 11) is -1.00. The lowest BCUT2D eigenvalue weighted by Crippen LogP contribution is -2.30. The molecule has 0 fully saturated rings. The maximum Gasteiger partial charge on any atom is 0.338 e. The van der Waals surface area contributed by atoms with E-state index in [0.29, 0.717) is 24.3 Å². The number of aromatic nitrogens is 2. The van der Waals surface area contributed by atoms with Crippen LogP contribution in [0.1, 0.15) is 39.6 Å². The Morgan fingerprint density at radius 1 is 1.15 bits per heavy atom. The molecule has 0 saturated heterocycles. The van der Waals surface area contributed by atoms with Gasteiger partial charge >= 0.3 is 5.97 Å². The van der Waals surface area contributed by atoms with Gasteiger partial charge in [0.2, 0.25) is 0 Å². The largest absolute Gasteiger partial charge is 0.462 e. The summed E-state index contributed by atoms with van der Waals surface area (Å²) in [6.07, 6.45) is 2.00. The number of rotatable bonds is 8. The number of sulfonamides is 1. The number of hydrogen-bond acceptors (Lipinski definition) is 6. The Kier molecular flexibility index (Phi) is 7.17. The van der Waals surface area contributed by atoms with Crippen molar-refractivity contribution in [2.45, 2.75) is 25.2 Å². The molecule has 0 spiro atoms. The van der Waals surface area contributed by atoms with Crippen LogP contribution in [0.5, 0.6) is 0 Å². The van der Waals surface area contributed by atoms with Gasteiger partial charge in [0.1, 0.15) is 5.56 Å². The molecule has 0 radical (unpaired) electrons. The zero-order chi connectivity index (χ0) is 24.2. The summed E-state index contributed by atoms with van der Waals surface area (Å²) in [6, 6.07) is 12.8. The van der Waals surface area contributed by atoms with Crippen LogP contribution in [0.25, 0.3) is 0 Å². The molecule has 9 nitrogen and oxygen atoms in total. The van der Waals surface area contributed by atoms with Gasteiger partial charge in [-0.3, -0.25) is 13.8 Å². The number of hydrogen-bond donors (Lipinski definition) is 1. The van der Waals surface area contributed by atoms with Crippen molar-refractivity contribution in [2.24, 2.45) is 7.05 Å². The molecule has 0 aliphatic heterocycles. The number of carbonyl (C=O) groups is 2. The standard InChI is InChI=1S/C23H26N4O5S/c1-5-13-32-23(29)17-7-6-8-18(14-17)25-21(28)20-15-24-26(3)22(20)27(4)33(30,31)19-11-9-16(2)10-12-19/h6-12,14-15H,5,13H2,1-4H3,(H,25,28). The summed E-state index contributed by atoms with van der Waals surface area (Å²) in [5.74, 6) is -0.950. The molecule has 3 aromatic rings. The lowest BCUT2D eigenvalue weighted by Gasteiger charge is -2.21. The third-order valence-corrected chi connectivity index (χ3v) is 6.69. The van der Waals surface area contributed by atoms with E-state index in [-0.39, 0.29) is 16.3 Å². The van der Waals surface area contributed by atoms with Crippen molar-refractivity contribution in [1.82, 2.24) is 9.78 Å². The van der Waals surface area contributed by atoms with Gasteiger partial charge in [-0.1, -0.05) is 30.7 Å². The molecule has 1 heterocycles. The molecule has 174 valence electrons. The lowest BCUT2D eigenvalue weighted by molar-refractivity contribution is 0.0505. The molecule has 10 heteroatoms. The van der Waals surface area contributed by atoms with E-state index >= 15 is 0 Å². The predicted molar refractivity (Wildman–Crippen MR) is 125 cm³/mol. The number of aryl methyl sites for hydroxylation is 2. The highest BCUT2D eigenvalue weighted by Crippen LogP contribution is 2.26. The Balaban J connectivity index is 1.87. The van der Waals surface area contributed by atoms with E-state index in [9.17, 15) is 18.0 Å². The van der Waals surface area contributed by atoms with Crippen molar-refractivity contribution in [2.75, 3.05) is 23.3 Å². The summed E-state index contributed by atoms with van der Waals surface area (Å²) in [5.41, 5.74) is 1.66. The molecule has 0 aliphatic carbocycles. The Hall–Kier alpha value is -3.66. The smallest absolute Gasteiger partial charge is 0.338 e. The van der Waals surface area contributed by atoms with Crippen LogP contribution in [-0.4, -0.2) is 43.7 Å². The monoisotopic (exact) mass is 470 g/mol. The van der Waals surface area contributed by atoms with Crippen LogP contribution in [0.4, 0.5) is 11.5 Å². The average molecular weight is 471 g/mol. The lowest BCUT2D eigenvalue weighted by atomic mass is 10.2. The fraction of sp³-hybridized carbons (Fsp3) is 0.261. The molecule has 0 saturated carbocycles. The molecule has 0 aliphatic rings. The SMILES string of the molecule is CCCOC(=O)c1cccc(NC(=O)c2cnn(C)c2N(C)S(=O)(=O)c2ccc(C)cc2)c1. The summed E-state index contributed by atoms with van der Waals surface area (Å²) < 4.78 is 33.7. The molecule has 1 amide bonds. The number of anilines is 2. The fourth-order valence-electron chi connectivity index (χ4n) is 3.15. The fourth-order valence-corrected chi connectivity index (χ4v) is 4.39. The summed E-state index contributed by atoms with van der Waals surface area (Å²) in [4.78, 5) is 25.2. The zero-order valence-corrected chi connectivity index (χ0v) is 19.7. The maximum atomic E-state index is 13.1. The quantitative estimate of drug-likeness (QED) is 0.506. The van der Waals surface area contributed by atoms with E-state index < -0.39 is 21.9 Å². The highest BCUT2D eigenvalue weighted by Gasteiger charge is 2.28. The van der Waals surface area contributed by atoms with Gasteiger partial charge in [-0.15, -0.1) is 0 Å². The maximum absolute atomic E-state index is 13.1. The summed E-state index contributed by atoms with van der Waals surface area (Å²) in [5, 5.41) is 6.77. The van der Waals surface area contributed by atoms with Crippen molar-refractivity contribution in [3.63, 3.8) is 0 Å². The van der Waals surface area contributed by atoms with Gasteiger partial charge in [0.05, 0.1) is 23.3 Å². The van der Waals surface area contributed by atoms with Gasteiger partial charge in [0.25, 0.3) is 15.9 Å². The molecular formula is C23H26N4O5S. The van der Waals surface area contributed by atoms with E-state index in [4.69, 9.17) is 4.74 Å². The molecule has 3 rings (SSSR count). The Morgan fingerprint density at radius 2 is 1.85 bits per heavy atom. The van der Waals surface area contributed by atoms with Gasteiger partial charge in [0, 0.05) is 19.8 Å². The zero-order valence-electron chi connectivity index (χ0n) is 18.9. The van der Waals surface area contributed by atoms with Gasteiger partial charge in [-0.05, 0) is 43.7 Å². The Labute approximate surface area is 193 Å². The van der Waals surface area contributed by atoms with Crippen molar-refractivity contribution in [3.8, 4) is 0 Å². The topological polar surface area (TPSA) is 111 Å². The highest BCUT2D eigenvalue weighted by atomic mass is 32.2. The predicted octanol–water partition coefficient (Wildman–Crippen LogP) is 3.37. The number of ether oxygens (including phenoxy) is 1. The third kappa shape index (κ3) is 5.23. The Bertz CT molecular complexity index is 1270. The normalized spacial score (nSPS) is 11.2. The van der Waals surface area contributed by atoms with Crippen LogP contribution in [0, 0.1) is 6.92 Å². The number of nitrogens with one attached hydrogen (secondary N) is 1. The average Bonchev–Trinajstić information content (AvgIpc) is 3.18. The van der Waals surface area contributed by atoms with E-state index in [1.54, 1.807) is 37.4 Å². The first kappa shape index (κ1) is 24.0. The minimum absolute atomic E-state index is 0.0645. The van der Waals surface area contributed by atoms with Gasteiger partial charge in [-0.2, -0.15) is 5.10 Å². The van der Waals surface area contributed by atoms with Crippen molar-refractivity contribution in [1.29, 1.82) is 0 Å². The van der Waals surface area contributed by atoms with Crippen molar-refractivity contribution < 1.29 is 22.7 Å². The van der Waals surface area contributed by atoms with Gasteiger partial charge < -0.3 is 10.1 Å². The van der Waals surface area contributed by atoms with E-state index in [2.05, 4.69) is 10.4 Å². The third-order valence-electron chi connectivity index (χ3n) is 4.92.